The van der Waals surface area contributed by atoms with E-state index in [4.69, 9.17) is 21.4 Å². The smallest absolute Gasteiger partial charge is 0.335 e. The van der Waals surface area contributed by atoms with Gasteiger partial charge in [0.25, 0.3) is 5.69 Å². The van der Waals surface area contributed by atoms with Crippen LogP contribution < -0.4 is 4.74 Å². The molecule has 0 amide bonds. The van der Waals surface area contributed by atoms with Gasteiger partial charge >= 0.3 is 5.97 Å². The van der Waals surface area contributed by atoms with Crippen LogP contribution in [-0.4, -0.2) is 21.0 Å². The van der Waals surface area contributed by atoms with Crippen LogP contribution in [0.3, 0.4) is 0 Å². The highest BCUT2D eigenvalue weighted by atomic mass is 35.5. The molecule has 1 N–H and O–H groups in total. The molecule has 8 heteroatoms. The highest BCUT2D eigenvalue weighted by Gasteiger charge is 2.10. The fourth-order valence-corrected chi connectivity index (χ4v) is 1.61. The molecule has 0 aliphatic carbocycles. The number of non-ortho nitro benzene ring substituents is 1. The molecule has 20 heavy (non-hydrogen) atoms. The van der Waals surface area contributed by atoms with Gasteiger partial charge in [-0.1, -0.05) is 11.6 Å². The summed E-state index contributed by atoms with van der Waals surface area (Å²) in [4.78, 5) is 24.6. The van der Waals surface area contributed by atoms with Crippen LogP contribution in [0.4, 0.5) is 5.69 Å². The summed E-state index contributed by atoms with van der Waals surface area (Å²) in [6, 6.07) is 7.67. The second-order valence-electron chi connectivity index (χ2n) is 3.68. The Morgan fingerprint density at radius 2 is 1.95 bits per heavy atom. The van der Waals surface area contributed by atoms with Gasteiger partial charge in [0.1, 0.15) is 10.9 Å². The van der Waals surface area contributed by atoms with Crippen LogP contribution in [0.15, 0.2) is 36.4 Å². The van der Waals surface area contributed by atoms with Crippen molar-refractivity contribution in [2.24, 2.45) is 0 Å². The van der Waals surface area contributed by atoms with Crippen molar-refractivity contribution in [3.8, 4) is 11.6 Å². The van der Waals surface area contributed by atoms with Gasteiger partial charge in [0, 0.05) is 18.2 Å². The van der Waals surface area contributed by atoms with Crippen molar-refractivity contribution in [1.29, 1.82) is 0 Å². The van der Waals surface area contributed by atoms with Crippen LogP contribution in [0.5, 0.6) is 11.6 Å². The average molecular weight is 295 g/mol. The first-order valence-electron chi connectivity index (χ1n) is 5.29. The molecule has 0 saturated heterocycles. The predicted molar refractivity (Wildman–Crippen MR) is 69.4 cm³/mol. The van der Waals surface area contributed by atoms with E-state index in [0.717, 1.165) is 0 Å². The third kappa shape index (κ3) is 3.21. The molecular formula is C12H7ClN2O5. The van der Waals surface area contributed by atoms with Gasteiger partial charge in [-0.3, -0.25) is 10.1 Å². The van der Waals surface area contributed by atoms with Crippen molar-refractivity contribution >= 4 is 23.3 Å². The van der Waals surface area contributed by atoms with Crippen molar-refractivity contribution in [2.45, 2.75) is 0 Å². The summed E-state index contributed by atoms with van der Waals surface area (Å²) in [5, 5.41) is 19.4. The summed E-state index contributed by atoms with van der Waals surface area (Å²) in [7, 11) is 0. The van der Waals surface area contributed by atoms with Gasteiger partial charge in [-0.15, -0.1) is 0 Å². The largest absolute Gasteiger partial charge is 0.478 e. The zero-order valence-corrected chi connectivity index (χ0v) is 10.6. The molecule has 0 bridgehead atoms. The van der Waals surface area contributed by atoms with Gasteiger partial charge in [-0.2, -0.15) is 0 Å². The number of hydrogen-bond donors (Lipinski definition) is 1. The second kappa shape index (κ2) is 5.54. The SMILES string of the molecule is O=C(O)c1cc(Cl)nc(Oc2ccc([N+](=O)[O-])cc2)c1. The van der Waals surface area contributed by atoms with Gasteiger partial charge in [0.15, 0.2) is 0 Å². The molecule has 0 aliphatic heterocycles. The van der Waals surface area contributed by atoms with Gasteiger partial charge in [0.05, 0.1) is 10.5 Å². The molecule has 102 valence electrons. The van der Waals surface area contributed by atoms with E-state index >= 15 is 0 Å². The van der Waals surface area contributed by atoms with E-state index < -0.39 is 10.9 Å². The molecule has 0 radical (unpaired) electrons. The second-order valence-corrected chi connectivity index (χ2v) is 4.06. The molecule has 1 aromatic heterocycles. The number of nitro benzene ring substituents is 1. The maximum Gasteiger partial charge on any atom is 0.335 e. The molecule has 0 saturated carbocycles. The van der Waals surface area contributed by atoms with E-state index in [9.17, 15) is 14.9 Å². The number of nitrogens with zero attached hydrogens (tertiary/aromatic N) is 2. The van der Waals surface area contributed by atoms with Crippen LogP contribution in [-0.2, 0) is 0 Å². The van der Waals surface area contributed by atoms with Gasteiger partial charge < -0.3 is 9.84 Å². The number of pyridine rings is 1. The third-order valence-corrected chi connectivity index (χ3v) is 2.48. The van der Waals surface area contributed by atoms with Crippen LogP contribution >= 0.6 is 11.6 Å². The van der Waals surface area contributed by atoms with Crippen LogP contribution in [0.25, 0.3) is 0 Å². The lowest BCUT2D eigenvalue weighted by molar-refractivity contribution is -0.384. The zero-order chi connectivity index (χ0) is 14.7. The number of hydrogen-bond acceptors (Lipinski definition) is 5. The molecule has 0 atom stereocenters. The summed E-state index contributed by atoms with van der Waals surface area (Å²) >= 11 is 5.68. The number of carboxylic acids is 1. The van der Waals surface area contributed by atoms with Crippen molar-refractivity contribution in [3.63, 3.8) is 0 Å². The number of aromatic carboxylic acids is 1. The van der Waals surface area contributed by atoms with E-state index in [0.29, 0.717) is 0 Å². The van der Waals surface area contributed by atoms with Crippen molar-refractivity contribution in [1.82, 2.24) is 4.98 Å². The van der Waals surface area contributed by atoms with E-state index in [1.165, 1.54) is 36.4 Å². The Morgan fingerprint density at radius 3 is 2.50 bits per heavy atom. The first-order chi connectivity index (χ1) is 9.45. The number of benzene rings is 1. The Balaban J connectivity index is 2.25. The number of ether oxygens (including phenoxy) is 1. The Kier molecular flexibility index (Phi) is 3.81. The Morgan fingerprint density at radius 1 is 1.30 bits per heavy atom. The lowest BCUT2D eigenvalue weighted by Crippen LogP contribution is -1.98. The highest BCUT2D eigenvalue weighted by molar-refractivity contribution is 6.29. The van der Waals surface area contributed by atoms with Gasteiger partial charge in [-0.25, -0.2) is 9.78 Å². The van der Waals surface area contributed by atoms with Gasteiger partial charge in [-0.05, 0) is 18.2 Å². The first kappa shape index (κ1) is 13.8. The normalized spacial score (nSPS) is 10.1. The van der Waals surface area contributed by atoms with Crippen molar-refractivity contribution < 1.29 is 19.6 Å². The molecule has 0 spiro atoms. The summed E-state index contributed by atoms with van der Waals surface area (Å²) < 4.78 is 5.30. The Bertz CT molecular complexity index is 672. The minimum absolute atomic E-state index is 0.0104. The summed E-state index contributed by atoms with van der Waals surface area (Å²) in [5.74, 6) is -0.895. The monoisotopic (exact) mass is 294 g/mol. The maximum absolute atomic E-state index is 10.9. The molecule has 7 nitrogen and oxygen atoms in total. The molecule has 1 heterocycles. The van der Waals surface area contributed by atoms with E-state index in [2.05, 4.69) is 4.98 Å². The quantitative estimate of drug-likeness (QED) is 0.528. The number of halogens is 1. The number of carbonyl (C=O) groups is 1. The standard InChI is InChI=1S/C12H7ClN2O5/c13-10-5-7(12(16)17)6-11(14-10)20-9-3-1-8(2-4-9)15(18)19/h1-6H,(H,16,17). The van der Waals surface area contributed by atoms with Crippen molar-refractivity contribution in [3.05, 3.63) is 57.2 Å². The minimum atomic E-state index is -1.16. The van der Waals surface area contributed by atoms with E-state index in [1.54, 1.807) is 0 Å². The van der Waals surface area contributed by atoms with Gasteiger partial charge in [0.2, 0.25) is 5.88 Å². The number of nitro groups is 1. The molecule has 0 unspecified atom stereocenters. The Labute approximate surface area is 117 Å². The molecule has 0 fully saturated rings. The van der Waals surface area contributed by atoms with E-state index in [1.807, 2.05) is 0 Å². The van der Waals surface area contributed by atoms with Crippen LogP contribution in [0.1, 0.15) is 10.4 Å². The van der Waals surface area contributed by atoms with Crippen LogP contribution in [0.2, 0.25) is 5.15 Å². The fourth-order valence-electron chi connectivity index (χ4n) is 1.41. The molecule has 0 aliphatic rings. The highest BCUT2D eigenvalue weighted by Crippen LogP contribution is 2.24. The molecular weight excluding hydrogens is 288 g/mol. The summed E-state index contributed by atoms with van der Waals surface area (Å²) in [6.45, 7) is 0. The Hall–Kier alpha value is -2.67. The van der Waals surface area contributed by atoms with E-state index in [-0.39, 0.29) is 28.0 Å². The van der Waals surface area contributed by atoms with Crippen LogP contribution in [0, 0.1) is 10.1 Å². The first-order valence-corrected chi connectivity index (χ1v) is 5.66. The number of aromatic nitrogens is 1. The topological polar surface area (TPSA) is 103 Å². The lowest BCUT2D eigenvalue weighted by atomic mass is 10.3. The summed E-state index contributed by atoms with van der Waals surface area (Å²) in [5.41, 5.74) is -0.149. The minimum Gasteiger partial charge on any atom is -0.478 e. The summed E-state index contributed by atoms with van der Waals surface area (Å²) in [6.07, 6.45) is 0. The van der Waals surface area contributed by atoms with Crippen molar-refractivity contribution in [2.75, 3.05) is 0 Å². The number of carboxylic acid groups (broad SMARTS) is 1. The lowest BCUT2D eigenvalue weighted by Gasteiger charge is -2.05. The number of rotatable bonds is 4. The molecule has 2 aromatic rings. The average Bonchev–Trinajstić information content (AvgIpc) is 2.38. The molecule has 2 rings (SSSR count). The fraction of sp³-hybridized carbons (Fsp3) is 0. The zero-order valence-electron chi connectivity index (χ0n) is 9.82. The third-order valence-electron chi connectivity index (χ3n) is 2.29. The maximum atomic E-state index is 10.9. The molecule has 1 aromatic carbocycles. The predicted octanol–water partition coefficient (Wildman–Crippen LogP) is 3.13.